The molecule has 4 rings (SSSR count). The van der Waals surface area contributed by atoms with Gasteiger partial charge in [0.2, 0.25) is 5.43 Å². The monoisotopic (exact) mass is 310 g/mol. The van der Waals surface area contributed by atoms with Gasteiger partial charge in [-0.2, -0.15) is 0 Å². The van der Waals surface area contributed by atoms with Crippen LogP contribution in [0, 0.1) is 0 Å². The predicted molar refractivity (Wildman–Crippen MR) is 85.5 cm³/mol. The summed E-state index contributed by atoms with van der Waals surface area (Å²) in [4.78, 5) is 26.9. The Morgan fingerprint density at radius 3 is 2.78 bits per heavy atom. The third-order valence-corrected chi connectivity index (χ3v) is 4.61. The number of benzene rings is 1. The first-order valence-electron chi connectivity index (χ1n) is 7.95. The molecule has 1 fully saturated rings. The fourth-order valence-electron chi connectivity index (χ4n) is 3.45. The van der Waals surface area contributed by atoms with Gasteiger partial charge in [0.15, 0.2) is 11.4 Å². The van der Waals surface area contributed by atoms with Gasteiger partial charge in [0.25, 0.3) is 5.91 Å². The number of carbonyl (C=O) groups excluding carboxylic acids is 1. The molecule has 0 N–H and O–H groups in total. The molecule has 23 heavy (non-hydrogen) atoms. The second-order valence-electron chi connectivity index (χ2n) is 6.08. The number of amides is 1. The van der Waals surface area contributed by atoms with E-state index in [1.165, 1.54) is 6.07 Å². The predicted octanol–water partition coefficient (Wildman–Crippen LogP) is 2.05. The van der Waals surface area contributed by atoms with Crippen molar-refractivity contribution < 1.29 is 9.53 Å². The van der Waals surface area contributed by atoms with Gasteiger partial charge in [-0.3, -0.25) is 9.59 Å². The van der Waals surface area contributed by atoms with E-state index in [1.807, 2.05) is 39.8 Å². The Bertz CT molecular complexity index is 798. The van der Waals surface area contributed by atoms with Crippen molar-refractivity contribution in [2.75, 3.05) is 6.54 Å². The lowest BCUT2D eigenvalue weighted by molar-refractivity contribution is 0.0657. The highest BCUT2D eigenvalue weighted by atomic mass is 16.5. The zero-order chi connectivity index (χ0) is 15.8. The van der Waals surface area contributed by atoms with Crippen LogP contribution in [0.2, 0.25) is 0 Å². The number of hydrogen-bond acceptors (Lipinski definition) is 3. The number of hydrogen-bond donors (Lipinski definition) is 0. The van der Waals surface area contributed by atoms with E-state index in [1.54, 1.807) is 6.20 Å². The minimum atomic E-state index is -0.238. The summed E-state index contributed by atoms with van der Waals surface area (Å²) in [6.45, 7) is 1.79. The maximum absolute atomic E-state index is 12.8. The standard InChI is InChI=1S/C18H18N2O3/c21-15-8-10-19-11-14-7-4-9-20(14)18(22)16(19)17(15)23-12-13-5-2-1-3-6-13/h1-3,5-6,8,10,14H,4,7,9,11-12H2/t14-/m1/s1. The molecule has 0 unspecified atom stereocenters. The van der Waals surface area contributed by atoms with E-state index in [4.69, 9.17) is 4.74 Å². The quantitative estimate of drug-likeness (QED) is 0.872. The third kappa shape index (κ3) is 2.42. The molecule has 0 bridgehead atoms. The molecule has 2 aliphatic heterocycles. The first-order chi connectivity index (χ1) is 11.2. The lowest BCUT2D eigenvalue weighted by atomic mass is 10.1. The molecule has 0 saturated carbocycles. The van der Waals surface area contributed by atoms with Crippen LogP contribution in [-0.4, -0.2) is 28.0 Å². The summed E-state index contributed by atoms with van der Waals surface area (Å²) in [5.41, 5.74) is 1.13. The fourth-order valence-corrected chi connectivity index (χ4v) is 3.45. The summed E-state index contributed by atoms with van der Waals surface area (Å²) in [5, 5.41) is 0. The number of rotatable bonds is 3. The number of ether oxygens (including phenoxy) is 1. The molecule has 1 saturated heterocycles. The van der Waals surface area contributed by atoms with Crippen molar-refractivity contribution >= 4 is 5.91 Å². The van der Waals surface area contributed by atoms with Crippen LogP contribution in [0.5, 0.6) is 5.75 Å². The first-order valence-corrected chi connectivity index (χ1v) is 7.95. The highest BCUT2D eigenvalue weighted by Gasteiger charge is 2.37. The average Bonchev–Trinajstić information content (AvgIpc) is 3.04. The van der Waals surface area contributed by atoms with Crippen molar-refractivity contribution in [3.05, 3.63) is 64.1 Å². The minimum absolute atomic E-state index is 0.0838. The highest BCUT2D eigenvalue weighted by Crippen LogP contribution is 2.29. The molecule has 2 aromatic rings. The molecule has 1 amide bonds. The van der Waals surface area contributed by atoms with E-state index in [-0.39, 0.29) is 29.7 Å². The van der Waals surface area contributed by atoms with Gasteiger partial charge in [0, 0.05) is 25.4 Å². The molecular weight excluding hydrogens is 292 g/mol. The van der Waals surface area contributed by atoms with Gasteiger partial charge in [0.1, 0.15) is 6.61 Å². The van der Waals surface area contributed by atoms with Crippen LogP contribution in [0.1, 0.15) is 28.9 Å². The fraction of sp³-hybridized carbons (Fsp3) is 0.333. The largest absolute Gasteiger partial charge is 0.483 e. The van der Waals surface area contributed by atoms with Crippen LogP contribution >= 0.6 is 0 Å². The van der Waals surface area contributed by atoms with Gasteiger partial charge in [-0.15, -0.1) is 0 Å². The minimum Gasteiger partial charge on any atom is -0.483 e. The maximum Gasteiger partial charge on any atom is 0.274 e. The first kappa shape index (κ1) is 14.1. The number of nitrogens with zero attached hydrogens (tertiary/aromatic N) is 2. The van der Waals surface area contributed by atoms with Crippen molar-refractivity contribution in [3.8, 4) is 5.75 Å². The highest BCUT2D eigenvalue weighted by molar-refractivity contribution is 5.96. The van der Waals surface area contributed by atoms with E-state index in [9.17, 15) is 9.59 Å². The van der Waals surface area contributed by atoms with Gasteiger partial charge in [-0.25, -0.2) is 0 Å². The van der Waals surface area contributed by atoms with Crippen LogP contribution in [0.15, 0.2) is 47.4 Å². The van der Waals surface area contributed by atoms with E-state index in [0.29, 0.717) is 5.69 Å². The Hall–Kier alpha value is -2.56. The molecule has 5 nitrogen and oxygen atoms in total. The molecule has 1 atom stereocenters. The summed E-state index contributed by atoms with van der Waals surface area (Å²) in [6, 6.07) is 11.4. The Kier molecular flexibility index (Phi) is 3.41. The lowest BCUT2D eigenvalue weighted by Crippen LogP contribution is -2.45. The van der Waals surface area contributed by atoms with Gasteiger partial charge >= 0.3 is 0 Å². The third-order valence-electron chi connectivity index (χ3n) is 4.61. The molecule has 0 radical (unpaired) electrons. The maximum atomic E-state index is 12.8. The normalized spacial score (nSPS) is 19.4. The molecule has 0 spiro atoms. The van der Waals surface area contributed by atoms with E-state index < -0.39 is 0 Å². The van der Waals surface area contributed by atoms with Crippen molar-refractivity contribution in [1.82, 2.24) is 9.47 Å². The topological polar surface area (TPSA) is 51.5 Å². The zero-order valence-corrected chi connectivity index (χ0v) is 12.8. The van der Waals surface area contributed by atoms with Crippen LogP contribution in [0.25, 0.3) is 0 Å². The summed E-state index contributed by atoms with van der Waals surface area (Å²) in [7, 11) is 0. The summed E-state index contributed by atoms with van der Waals surface area (Å²) < 4.78 is 7.63. The number of aromatic nitrogens is 1. The Morgan fingerprint density at radius 1 is 1.13 bits per heavy atom. The van der Waals surface area contributed by atoms with Crippen LogP contribution < -0.4 is 10.2 Å². The van der Waals surface area contributed by atoms with Gasteiger partial charge < -0.3 is 14.2 Å². The Morgan fingerprint density at radius 2 is 1.96 bits per heavy atom. The Balaban J connectivity index is 1.69. The second-order valence-corrected chi connectivity index (χ2v) is 6.08. The van der Waals surface area contributed by atoms with Crippen LogP contribution in [-0.2, 0) is 13.2 Å². The van der Waals surface area contributed by atoms with Crippen LogP contribution in [0.4, 0.5) is 0 Å². The van der Waals surface area contributed by atoms with E-state index in [2.05, 4.69) is 0 Å². The Labute approximate surface area is 134 Å². The van der Waals surface area contributed by atoms with E-state index in [0.717, 1.165) is 31.5 Å². The smallest absolute Gasteiger partial charge is 0.274 e. The summed E-state index contributed by atoms with van der Waals surface area (Å²) in [5.74, 6) is 0.0891. The summed E-state index contributed by atoms with van der Waals surface area (Å²) in [6.07, 6.45) is 3.76. The molecule has 1 aromatic carbocycles. The van der Waals surface area contributed by atoms with Crippen molar-refractivity contribution in [1.29, 1.82) is 0 Å². The second kappa shape index (κ2) is 5.57. The molecular formula is C18H18N2O3. The molecule has 3 heterocycles. The van der Waals surface area contributed by atoms with Gasteiger partial charge in [0.05, 0.1) is 6.04 Å². The van der Waals surface area contributed by atoms with Crippen molar-refractivity contribution in [3.63, 3.8) is 0 Å². The number of carbonyl (C=O) groups is 1. The number of fused-ring (bicyclic) bond motifs is 2. The molecule has 1 aromatic heterocycles. The van der Waals surface area contributed by atoms with Crippen molar-refractivity contribution in [2.45, 2.75) is 32.0 Å². The lowest BCUT2D eigenvalue weighted by Gasteiger charge is -2.33. The number of pyridine rings is 1. The van der Waals surface area contributed by atoms with Crippen LogP contribution in [0.3, 0.4) is 0 Å². The molecule has 0 aliphatic carbocycles. The SMILES string of the molecule is O=C1c2c(OCc3ccccc3)c(=O)ccn2C[C@H]2CCCN12. The zero-order valence-electron chi connectivity index (χ0n) is 12.8. The molecule has 118 valence electrons. The molecule has 5 heteroatoms. The summed E-state index contributed by atoms with van der Waals surface area (Å²) >= 11 is 0. The van der Waals surface area contributed by atoms with Gasteiger partial charge in [-0.05, 0) is 18.4 Å². The average molecular weight is 310 g/mol. The van der Waals surface area contributed by atoms with Crippen molar-refractivity contribution in [2.24, 2.45) is 0 Å². The van der Waals surface area contributed by atoms with E-state index >= 15 is 0 Å². The van der Waals surface area contributed by atoms with Gasteiger partial charge in [-0.1, -0.05) is 30.3 Å². The molecule has 2 aliphatic rings.